The van der Waals surface area contributed by atoms with Crippen LogP contribution in [0.15, 0.2) is 59.4 Å². The summed E-state index contributed by atoms with van der Waals surface area (Å²) in [6.07, 6.45) is 0.145. The molecular weight excluding hydrogens is 332 g/mol. The van der Waals surface area contributed by atoms with Gasteiger partial charge in [-0.15, -0.1) is 0 Å². The lowest BCUT2D eigenvalue weighted by Gasteiger charge is -2.13. The molecule has 0 aliphatic rings. The first-order valence-corrected chi connectivity index (χ1v) is 8.50. The van der Waals surface area contributed by atoms with Gasteiger partial charge in [-0.25, -0.2) is 4.98 Å². The highest BCUT2D eigenvalue weighted by Crippen LogP contribution is 2.15. The highest BCUT2D eigenvalue weighted by Gasteiger charge is 2.15. The Hall–Kier alpha value is -3.15. The summed E-state index contributed by atoms with van der Waals surface area (Å²) in [4.78, 5) is 31.1. The van der Waals surface area contributed by atoms with Crippen LogP contribution in [0.2, 0.25) is 0 Å². The van der Waals surface area contributed by atoms with E-state index in [1.807, 2.05) is 36.4 Å². The minimum Gasteiger partial charge on any atom is -0.494 e. The van der Waals surface area contributed by atoms with E-state index in [4.69, 9.17) is 9.47 Å². The number of aromatic amines is 1. The van der Waals surface area contributed by atoms with E-state index >= 15 is 0 Å². The normalized spacial score (nSPS) is 11.9. The average molecular weight is 352 g/mol. The topological polar surface area (TPSA) is 81.3 Å². The number of hydrogen-bond acceptors (Lipinski definition) is 5. The Balaban J connectivity index is 1.52. The van der Waals surface area contributed by atoms with Crippen molar-refractivity contribution in [3.63, 3.8) is 0 Å². The standard InChI is InChI=1S/C20H20N2O4/c1-14(19-21-17-11-6-5-10-16(17)20(24)22-19)26-18(23)12-7-13-25-15-8-3-2-4-9-15/h2-6,8-11,14H,7,12-13H2,1H3,(H,21,22,24)/t14-/m1/s1. The molecular formula is C20H20N2O4. The van der Waals surface area contributed by atoms with Crippen LogP contribution >= 0.6 is 0 Å². The molecule has 0 amide bonds. The van der Waals surface area contributed by atoms with Crippen LogP contribution in [-0.2, 0) is 9.53 Å². The van der Waals surface area contributed by atoms with Gasteiger partial charge >= 0.3 is 5.97 Å². The lowest BCUT2D eigenvalue weighted by Crippen LogP contribution is -2.17. The summed E-state index contributed by atoms with van der Waals surface area (Å²) >= 11 is 0. The number of hydrogen-bond donors (Lipinski definition) is 1. The second-order valence-electron chi connectivity index (χ2n) is 5.87. The molecule has 0 saturated heterocycles. The average Bonchev–Trinajstić information content (AvgIpc) is 2.66. The molecule has 1 aromatic heterocycles. The van der Waals surface area contributed by atoms with Gasteiger partial charge in [0.05, 0.1) is 17.5 Å². The molecule has 0 bridgehead atoms. The van der Waals surface area contributed by atoms with Crippen LogP contribution in [0.5, 0.6) is 5.75 Å². The second-order valence-corrected chi connectivity index (χ2v) is 5.87. The zero-order chi connectivity index (χ0) is 18.4. The fourth-order valence-electron chi connectivity index (χ4n) is 2.53. The number of para-hydroxylation sites is 2. The van der Waals surface area contributed by atoms with Crippen molar-refractivity contribution < 1.29 is 14.3 Å². The Bertz CT molecular complexity index is 937. The molecule has 0 fully saturated rings. The van der Waals surface area contributed by atoms with Gasteiger partial charge in [0, 0.05) is 6.42 Å². The zero-order valence-corrected chi connectivity index (χ0v) is 14.5. The first-order chi connectivity index (χ1) is 12.6. The molecule has 1 atom stereocenters. The quantitative estimate of drug-likeness (QED) is 0.521. The van der Waals surface area contributed by atoms with Crippen molar-refractivity contribution >= 4 is 16.9 Å². The van der Waals surface area contributed by atoms with Crippen LogP contribution in [-0.4, -0.2) is 22.5 Å². The van der Waals surface area contributed by atoms with Gasteiger partial charge in [0.1, 0.15) is 5.75 Å². The fourth-order valence-corrected chi connectivity index (χ4v) is 2.53. The van der Waals surface area contributed by atoms with Gasteiger partial charge in [0.15, 0.2) is 11.9 Å². The third kappa shape index (κ3) is 4.47. The number of rotatable bonds is 7. The van der Waals surface area contributed by atoms with E-state index in [9.17, 15) is 9.59 Å². The molecule has 0 spiro atoms. The Morgan fingerprint density at radius 1 is 1.12 bits per heavy atom. The molecule has 6 nitrogen and oxygen atoms in total. The number of carbonyl (C=O) groups excluding carboxylic acids is 1. The minimum atomic E-state index is -0.630. The second kappa shape index (κ2) is 8.29. The van der Waals surface area contributed by atoms with E-state index in [1.54, 1.807) is 25.1 Å². The summed E-state index contributed by atoms with van der Waals surface area (Å²) in [6, 6.07) is 16.5. The summed E-state index contributed by atoms with van der Waals surface area (Å²) in [5.41, 5.74) is 0.329. The summed E-state index contributed by atoms with van der Waals surface area (Å²) < 4.78 is 10.9. The van der Waals surface area contributed by atoms with Crippen LogP contribution in [0.4, 0.5) is 0 Å². The van der Waals surface area contributed by atoms with Crippen LogP contribution < -0.4 is 10.3 Å². The van der Waals surface area contributed by atoms with Gasteiger partial charge in [-0.1, -0.05) is 30.3 Å². The molecule has 1 heterocycles. The monoisotopic (exact) mass is 352 g/mol. The summed E-state index contributed by atoms with van der Waals surface area (Å²) in [6.45, 7) is 2.12. The maximum absolute atomic E-state index is 12.1. The Morgan fingerprint density at radius 2 is 1.85 bits per heavy atom. The number of H-pyrrole nitrogens is 1. The van der Waals surface area contributed by atoms with E-state index < -0.39 is 6.10 Å². The molecule has 0 aliphatic heterocycles. The van der Waals surface area contributed by atoms with Crippen molar-refractivity contribution in [2.24, 2.45) is 0 Å². The van der Waals surface area contributed by atoms with Crippen molar-refractivity contribution in [3.05, 3.63) is 70.8 Å². The molecule has 3 rings (SSSR count). The number of aromatic nitrogens is 2. The molecule has 0 aliphatic carbocycles. The third-order valence-corrected chi connectivity index (χ3v) is 3.86. The molecule has 0 saturated carbocycles. The Kier molecular flexibility index (Phi) is 5.63. The van der Waals surface area contributed by atoms with Crippen molar-refractivity contribution in [3.8, 4) is 5.75 Å². The third-order valence-electron chi connectivity index (χ3n) is 3.86. The lowest BCUT2D eigenvalue weighted by molar-refractivity contribution is -0.149. The number of benzene rings is 2. The zero-order valence-electron chi connectivity index (χ0n) is 14.5. The van der Waals surface area contributed by atoms with Crippen molar-refractivity contribution in [1.82, 2.24) is 9.97 Å². The van der Waals surface area contributed by atoms with Crippen molar-refractivity contribution in [1.29, 1.82) is 0 Å². The largest absolute Gasteiger partial charge is 0.494 e. The summed E-state index contributed by atoms with van der Waals surface area (Å²) in [5, 5.41) is 0.507. The van der Waals surface area contributed by atoms with Gasteiger partial charge in [-0.05, 0) is 37.6 Å². The van der Waals surface area contributed by atoms with E-state index in [-0.39, 0.29) is 17.9 Å². The first-order valence-electron chi connectivity index (χ1n) is 8.50. The predicted octanol–water partition coefficient (Wildman–Crippen LogP) is 3.39. The fraction of sp³-hybridized carbons (Fsp3) is 0.250. The number of carbonyl (C=O) groups is 1. The number of ether oxygens (including phenoxy) is 2. The van der Waals surface area contributed by atoms with E-state index in [2.05, 4.69) is 9.97 Å². The first kappa shape index (κ1) is 17.7. The number of fused-ring (bicyclic) bond motifs is 1. The summed E-state index contributed by atoms with van der Waals surface area (Å²) in [5.74, 6) is 0.750. The van der Waals surface area contributed by atoms with Gasteiger partial charge < -0.3 is 14.5 Å². The van der Waals surface area contributed by atoms with E-state index in [0.29, 0.717) is 29.8 Å². The Labute approximate surface area is 150 Å². The van der Waals surface area contributed by atoms with Crippen LogP contribution in [0.3, 0.4) is 0 Å². The van der Waals surface area contributed by atoms with E-state index in [1.165, 1.54) is 0 Å². The molecule has 1 N–H and O–H groups in total. The maximum Gasteiger partial charge on any atom is 0.306 e. The molecule has 26 heavy (non-hydrogen) atoms. The van der Waals surface area contributed by atoms with Crippen molar-refractivity contribution in [2.75, 3.05) is 6.61 Å². The Morgan fingerprint density at radius 3 is 2.65 bits per heavy atom. The van der Waals surface area contributed by atoms with Gasteiger partial charge in [-0.3, -0.25) is 9.59 Å². The lowest BCUT2D eigenvalue weighted by atomic mass is 10.2. The van der Waals surface area contributed by atoms with Crippen LogP contribution in [0.25, 0.3) is 10.9 Å². The number of nitrogens with one attached hydrogen (secondary N) is 1. The van der Waals surface area contributed by atoms with Crippen LogP contribution in [0, 0.1) is 0 Å². The predicted molar refractivity (Wildman–Crippen MR) is 98.0 cm³/mol. The van der Waals surface area contributed by atoms with Gasteiger partial charge in [0.2, 0.25) is 0 Å². The smallest absolute Gasteiger partial charge is 0.306 e. The maximum atomic E-state index is 12.1. The number of nitrogens with zero attached hydrogens (tertiary/aromatic N) is 1. The molecule has 134 valence electrons. The molecule has 0 unspecified atom stereocenters. The number of esters is 1. The SMILES string of the molecule is C[C@@H](OC(=O)CCCOc1ccccc1)c1nc2ccccc2c(=O)[nH]1. The molecule has 2 aromatic carbocycles. The van der Waals surface area contributed by atoms with Gasteiger partial charge in [-0.2, -0.15) is 0 Å². The van der Waals surface area contributed by atoms with E-state index in [0.717, 1.165) is 5.75 Å². The highest BCUT2D eigenvalue weighted by molar-refractivity contribution is 5.77. The van der Waals surface area contributed by atoms with Crippen LogP contribution in [0.1, 0.15) is 31.7 Å². The van der Waals surface area contributed by atoms with Crippen molar-refractivity contribution in [2.45, 2.75) is 25.9 Å². The summed E-state index contributed by atoms with van der Waals surface area (Å²) in [7, 11) is 0. The molecule has 0 radical (unpaired) electrons. The highest BCUT2D eigenvalue weighted by atomic mass is 16.5. The molecule has 3 aromatic rings. The molecule has 6 heteroatoms. The van der Waals surface area contributed by atoms with Gasteiger partial charge in [0.25, 0.3) is 5.56 Å². The minimum absolute atomic E-state index is 0.231.